The van der Waals surface area contributed by atoms with Gasteiger partial charge in [-0.25, -0.2) is 0 Å². The number of carbonyl (C=O) groups excluding carboxylic acids is 1. The Labute approximate surface area is 147 Å². The van der Waals surface area contributed by atoms with Gasteiger partial charge in [-0.2, -0.15) is 0 Å². The Balaban J connectivity index is 0.00000208. The van der Waals surface area contributed by atoms with Gasteiger partial charge in [0.25, 0.3) is 11.6 Å². The van der Waals surface area contributed by atoms with Crippen molar-refractivity contribution >= 4 is 29.7 Å². The van der Waals surface area contributed by atoms with Crippen molar-refractivity contribution in [1.82, 2.24) is 10.6 Å². The van der Waals surface area contributed by atoms with Gasteiger partial charge >= 0.3 is 0 Å². The molecule has 1 heterocycles. The van der Waals surface area contributed by atoms with E-state index in [1.807, 2.05) is 0 Å². The predicted octanol–water partition coefficient (Wildman–Crippen LogP) is 2.46. The molecule has 2 unspecified atom stereocenters. The summed E-state index contributed by atoms with van der Waals surface area (Å²) in [4.78, 5) is 23.2. The molecular formula is C16H23ClN4O3. The zero-order chi connectivity index (χ0) is 16.4. The molecule has 132 valence electrons. The van der Waals surface area contributed by atoms with Gasteiger partial charge in [-0.15, -0.1) is 12.4 Å². The molecule has 0 aromatic heterocycles. The first-order valence-electron chi connectivity index (χ1n) is 8.12. The van der Waals surface area contributed by atoms with Crippen LogP contribution < -0.4 is 16.0 Å². The molecule has 0 bridgehead atoms. The highest BCUT2D eigenvalue weighted by Crippen LogP contribution is 2.31. The SMILES string of the molecule is CC1CC(NC(=O)c2ccc(NC3CC3)c([N+](=O)[O-])c2)CCN1.Cl. The van der Waals surface area contributed by atoms with Crippen molar-refractivity contribution < 1.29 is 9.72 Å². The van der Waals surface area contributed by atoms with E-state index in [1.165, 1.54) is 6.07 Å². The third kappa shape index (κ3) is 4.58. The first-order chi connectivity index (χ1) is 11.0. The first kappa shape index (κ1) is 18.5. The molecule has 1 aromatic rings. The van der Waals surface area contributed by atoms with Crippen LogP contribution in [0.3, 0.4) is 0 Å². The zero-order valence-corrected chi connectivity index (χ0v) is 14.4. The Kier molecular flexibility index (Phi) is 6.01. The lowest BCUT2D eigenvalue weighted by molar-refractivity contribution is -0.384. The Bertz CT molecular complexity index is 621. The summed E-state index contributed by atoms with van der Waals surface area (Å²) in [5.74, 6) is -0.245. The van der Waals surface area contributed by atoms with Gasteiger partial charge in [0.05, 0.1) is 4.92 Å². The second kappa shape index (κ2) is 7.81. The number of amides is 1. The van der Waals surface area contributed by atoms with E-state index in [1.54, 1.807) is 12.1 Å². The van der Waals surface area contributed by atoms with E-state index in [9.17, 15) is 14.9 Å². The molecule has 2 aliphatic rings. The number of carbonyl (C=O) groups is 1. The summed E-state index contributed by atoms with van der Waals surface area (Å²) in [5, 5.41) is 20.7. The number of nitro benzene ring substituents is 1. The number of hydrogen-bond acceptors (Lipinski definition) is 5. The van der Waals surface area contributed by atoms with Crippen molar-refractivity contribution in [1.29, 1.82) is 0 Å². The minimum Gasteiger partial charge on any atom is -0.377 e. The molecule has 3 rings (SSSR count). The quantitative estimate of drug-likeness (QED) is 0.557. The zero-order valence-electron chi connectivity index (χ0n) is 13.6. The van der Waals surface area contributed by atoms with Gasteiger partial charge in [-0.1, -0.05) is 0 Å². The molecule has 2 fully saturated rings. The normalized spacial score (nSPS) is 23.0. The minimum absolute atomic E-state index is 0. The van der Waals surface area contributed by atoms with E-state index < -0.39 is 4.92 Å². The number of anilines is 1. The number of piperidine rings is 1. The third-order valence-electron chi connectivity index (χ3n) is 4.35. The second-order valence-electron chi connectivity index (χ2n) is 6.46. The van der Waals surface area contributed by atoms with Crippen LogP contribution >= 0.6 is 12.4 Å². The Morgan fingerprint density at radius 2 is 2.04 bits per heavy atom. The fraction of sp³-hybridized carbons (Fsp3) is 0.562. The van der Waals surface area contributed by atoms with Crippen LogP contribution in [-0.4, -0.2) is 35.5 Å². The predicted molar refractivity (Wildman–Crippen MR) is 94.9 cm³/mol. The average molecular weight is 355 g/mol. The molecule has 0 spiro atoms. The Hall–Kier alpha value is -1.86. The summed E-state index contributed by atoms with van der Waals surface area (Å²) in [6.45, 7) is 2.96. The molecule has 8 heteroatoms. The molecule has 7 nitrogen and oxygen atoms in total. The van der Waals surface area contributed by atoms with Crippen molar-refractivity contribution in [2.75, 3.05) is 11.9 Å². The molecular weight excluding hydrogens is 332 g/mol. The van der Waals surface area contributed by atoms with Crippen LogP contribution in [0.1, 0.15) is 43.0 Å². The topological polar surface area (TPSA) is 96.3 Å². The standard InChI is InChI=1S/C16H22N4O3.ClH/c1-10-8-13(6-7-17-10)19-16(21)11-2-5-14(18-12-3-4-12)15(9-11)20(22)23;/h2,5,9-10,12-13,17-18H,3-4,6-8H2,1H3,(H,19,21);1H. The molecule has 1 aliphatic heterocycles. The van der Waals surface area contributed by atoms with Gasteiger partial charge in [0.15, 0.2) is 0 Å². The second-order valence-corrected chi connectivity index (χ2v) is 6.46. The largest absolute Gasteiger partial charge is 0.377 e. The first-order valence-corrected chi connectivity index (χ1v) is 8.12. The summed E-state index contributed by atoms with van der Waals surface area (Å²) in [5.41, 5.74) is 0.789. The molecule has 1 aliphatic carbocycles. The van der Waals surface area contributed by atoms with E-state index in [0.717, 1.165) is 32.2 Å². The molecule has 2 atom stereocenters. The summed E-state index contributed by atoms with van der Waals surface area (Å²) < 4.78 is 0. The van der Waals surface area contributed by atoms with Crippen molar-refractivity contribution in [2.24, 2.45) is 0 Å². The van der Waals surface area contributed by atoms with E-state index in [4.69, 9.17) is 0 Å². The van der Waals surface area contributed by atoms with Crippen molar-refractivity contribution in [3.8, 4) is 0 Å². The van der Waals surface area contributed by atoms with Crippen LogP contribution in [0.2, 0.25) is 0 Å². The highest BCUT2D eigenvalue weighted by atomic mass is 35.5. The third-order valence-corrected chi connectivity index (χ3v) is 4.35. The van der Waals surface area contributed by atoms with Gasteiger partial charge < -0.3 is 16.0 Å². The highest BCUT2D eigenvalue weighted by molar-refractivity contribution is 5.96. The van der Waals surface area contributed by atoms with Crippen LogP contribution in [0, 0.1) is 10.1 Å². The highest BCUT2D eigenvalue weighted by Gasteiger charge is 2.26. The maximum Gasteiger partial charge on any atom is 0.293 e. The van der Waals surface area contributed by atoms with Crippen LogP contribution in [0.5, 0.6) is 0 Å². The fourth-order valence-electron chi connectivity index (χ4n) is 2.93. The van der Waals surface area contributed by atoms with Gasteiger partial charge in [-0.05, 0) is 51.3 Å². The lowest BCUT2D eigenvalue weighted by Crippen LogP contribution is -2.46. The van der Waals surface area contributed by atoms with Gasteiger partial charge in [0, 0.05) is 29.8 Å². The van der Waals surface area contributed by atoms with Crippen LogP contribution in [-0.2, 0) is 0 Å². The molecule has 1 saturated carbocycles. The van der Waals surface area contributed by atoms with E-state index in [-0.39, 0.29) is 30.0 Å². The van der Waals surface area contributed by atoms with Gasteiger partial charge in [-0.3, -0.25) is 14.9 Å². The van der Waals surface area contributed by atoms with Crippen molar-refractivity contribution in [2.45, 2.75) is 50.7 Å². The van der Waals surface area contributed by atoms with Crippen molar-refractivity contribution in [3.05, 3.63) is 33.9 Å². The number of halogens is 1. The van der Waals surface area contributed by atoms with Crippen molar-refractivity contribution in [3.63, 3.8) is 0 Å². The maximum atomic E-state index is 12.4. The number of rotatable bonds is 5. The Morgan fingerprint density at radius 1 is 1.29 bits per heavy atom. The van der Waals surface area contributed by atoms with E-state index in [0.29, 0.717) is 23.3 Å². The summed E-state index contributed by atoms with van der Waals surface area (Å²) in [6, 6.07) is 5.46. The monoisotopic (exact) mass is 354 g/mol. The lowest BCUT2D eigenvalue weighted by atomic mass is 10.00. The minimum atomic E-state index is -0.436. The smallest absolute Gasteiger partial charge is 0.293 e. The van der Waals surface area contributed by atoms with E-state index in [2.05, 4.69) is 22.9 Å². The molecule has 3 N–H and O–H groups in total. The van der Waals surface area contributed by atoms with Gasteiger partial charge in [0.2, 0.25) is 0 Å². The summed E-state index contributed by atoms with van der Waals surface area (Å²) in [7, 11) is 0. The van der Waals surface area contributed by atoms with Gasteiger partial charge in [0.1, 0.15) is 5.69 Å². The number of nitrogens with zero attached hydrogens (tertiary/aromatic N) is 1. The number of hydrogen-bond donors (Lipinski definition) is 3. The summed E-state index contributed by atoms with van der Waals surface area (Å²) in [6.07, 6.45) is 3.81. The molecule has 0 radical (unpaired) electrons. The van der Waals surface area contributed by atoms with E-state index >= 15 is 0 Å². The average Bonchev–Trinajstić information content (AvgIpc) is 3.31. The molecule has 1 saturated heterocycles. The lowest BCUT2D eigenvalue weighted by Gasteiger charge is -2.28. The van der Waals surface area contributed by atoms with Crippen LogP contribution in [0.15, 0.2) is 18.2 Å². The molecule has 1 aromatic carbocycles. The maximum absolute atomic E-state index is 12.4. The summed E-state index contributed by atoms with van der Waals surface area (Å²) >= 11 is 0. The van der Waals surface area contributed by atoms with Crippen LogP contribution in [0.4, 0.5) is 11.4 Å². The molecule has 24 heavy (non-hydrogen) atoms. The molecule has 1 amide bonds. The Morgan fingerprint density at radius 3 is 2.67 bits per heavy atom. The number of benzene rings is 1. The number of nitro groups is 1. The van der Waals surface area contributed by atoms with Crippen LogP contribution in [0.25, 0.3) is 0 Å². The fourth-order valence-corrected chi connectivity index (χ4v) is 2.93. The number of nitrogens with one attached hydrogen (secondary N) is 3.